The molecule has 0 aromatic heterocycles. The Morgan fingerprint density at radius 3 is 3.00 bits per heavy atom. The highest BCUT2D eigenvalue weighted by Gasteiger charge is 2.19. The molecule has 1 heterocycles. The monoisotopic (exact) mass is 329 g/mol. The molecule has 2 N–H and O–H groups in total. The second kappa shape index (κ2) is 9.77. The number of hydrogen-bond donors (Lipinski definition) is 2. The number of nitrogens with one attached hydrogen (secondary N) is 2. The van der Waals surface area contributed by atoms with E-state index in [2.05, 4.69) is 15.5 Å². The van der Waals surface area contributed by atoms with E-state index in [0.717, 1.165) is 26.2 Å². The number of rotatable bonds is 6. The van der Waals surface area contributed by atoms with Gasteiger partial charge in [0.15, 0.2) is 0 Å². The summed E-state index contributed by atoms with van der Waals surface area (Å²) in [5, 5.41) is 5.96. The van der Waals surface area contributed by atoms with Crippen molar-refractivity contribution in [2.75, 3.05) is 38.5 Å². The number of benzene rings is 1. The van der Waals surface area contributed by atoms with Gasteiger partial charge in [0.25, 0.3) is 0 Å². The third-order valence-corrected chi connectivity index (χ3v) is 3.86. The van der Waals surface area contributed by atoms with E-state index in [-0.39, 0.29) is 24.1 Å². The van der Waals surface area contributed by atoms with Gasteiger partial charge in [-0.2, -0.15) is 0 Å². The number of carbonyl (C=O) groups is 1. The van der Waals surface area contributed by atoms with Crippen molar-refractivity contribution < 1.29 is 9.18 Å². The molecule has 1 aliphatic heterocycles. The predicted octanol–water partition coefficient (Wildman–Crippen LogP) is 2.51. The van der Waals surface area contributed by atoms with E-state index in [1.54, 1.807) is 12.1 Å². The maximum Gasteiger partial charge on any atom is 0.225 e. The molecule has 0 bridgehead atoms. The normalized spacial score (nSPS) is 18.5. The van der Waals surface area contributed by atoms with E-state index in [0.29, 0.717) is 18.0 Å². The molecule has 1 unspecified atom stereocenters. The molecule has 0 saturated carbocycles. The number of carbonyl (C=O) groups excluding carboxylic acids is 1. The van der Waals surface area contributed by atoms with Gasteiger partial charge in [-0.05, 0) is 57.1 Å². The molecular weight excluding hydrogens is 305 g/mol. The SMILES string of the molecule is CNCC1CCCN(CCC(=O)Nc2cccc(F)c2)C1.Cl. The Hall–Kier alpha value is -1.17. The van der Waals surface area contributed by atoms with Gasteiger partial charge in [-0.1, -0.05) is 6.07 Å². The van der Waals surface area contributed by atoms with Gasteiger partial charge in [0.2, 0.25) is 5.91 Å². The highest BCUT2D eigenvalue weighted by molar-refractivity contribution is 5.90. The summed E-state index contributed by atoms with van der Waals surface area (Å²) in [7, 11) is 1.98. The maximum atomic E-state index is 13.0. The lowest BCUT2D eigenvalue weighted by atomic mass is 9.98. The second-order valence-corrected chi connectivity index (χ2v) is 5.68. The molecule has 0 radical (unpaired) electrons. The highest BCUT2D eigenvalue weighted by atomic mass is 35.5. The standard InChI is InChI=1S/C16H24FN3O.ClH/c1-18-11-13-4-3-8-20(12-13)9-7-16(21)19-15-6-2-5-14(17)10-15;/h2,5-6,10,13,18H,3-4,7-9,11-12H2,1H3,(H,19,21);1H. The van der Waals surface area contributed by atoms with Gasteiger partial charge in [-0.25, -0.2) is 4.39 Å². The van der Waals surface area contributed by atoms with Crippen LogP contribution in [-0.2, 0) is 4.79 Å². The minimum absolute atomic E-state index is 0. The molecule has 1 aromatic rings. The Labute approximate surface area is 137 Å². The lowest BCUT2D eigenvalue weighted by molar-refractivity contribution is -0.116. The van der Waals surface area contributed by atoms with Crippen LogP contribution in [-0.4, -0.2) is 44.0 Å². The third-order valence-electron chi connectivity index (χ3n) is 3.86. The summed E-state index contributed by atoms with van der Waals surface area (Å²) in [5.41, 5.74) is 0.520. The fourth-order valence-electron chi connectivity index (χ4n) is 2.86. The topological polar surface area (TPSA) is 44.4 Å². The maximum absolute atomic E-state index is 13.0. The molecule has 1 aromatic carbocycles. The zero-order valence-electron chi connectivity index (χ0n) is 13.0. The smallest absolute Gasteiger partial charge is 0.225 e. The van der Waals surface area contributed by atoms with Crippen LogP contribution in [0.15, 0.2) is 24.3 Å². The van der Waals surface area contributed by atoms with E-state index in [1.807, 2.05) is 7.05 Å². The van der Waals surface area contributed by atoms with E-state index in [1.165, 1.54) is 25.0 Å². The van der Waals surface area contributed by atoms with Gasteiger partial charge < -0.3 is 15.5 Å². The third kappa shape index (κ3) is 6.30. The highest BCUT2D eigenvalue weighted by Crippen LogP contribution is 2.16. The summed E-state index contributed by atoms with van der Waals surface area (Å²) >= 11 is 0. The zero-order valence-corrected chi connectivity index (χ0v) is 13.8. The largest absolute Gasteiger partial charge is 0.326 e. The summed E-state index contributed by atoms with van der Waals surface area (Å²) < 4.78 is 13.0. The molecule has 124 valence electrons. The van der Waals surface area contributed by atoms with Crippen molar-refractivity contribution >= 4 is 24.0 Å². The van der Waals surface area contributed by atoms with Crippen molar-refractivity contribution in [3.8, 4) is 0 Å². The van der Waals surface area contributed by atoms with Crippen molar-refractivity contribution in [2.45, 2.75) is 19.3 Å². The average Bonchev–Trinajstić information content (AvgIpc) is 2.46. The molecule has 0 aliphatic carbocycles. The summed E-state index contributed by atoms with van der Waals surface area (Å²) in [6.45, 7) is 3.91. The Morgan fingerprint density at radius 2 is 2.27 bits per heavy atom. The first-order valence-electron chi connectivity index (χ1n) is 7.60. The Balaban J connectivity index is 0.00000242. The molecule has 1 amide bonds. The van der Waals surface area contributed by atoms with Gasteiger partial charge in [0, 0.05) is 25.2 Å². The van der Waals surface area contributed by atoms with Crippen LogP contribution in [0, 0.1) is 11.7 Å². The number of likely N-dealkylation sites (tertiary alicyclic amines) is 1. The lowest BCUT2D eigenvalue weighted by Gasteiger charge is -2.32. The van der Waals surface area contributed by atoms with Crippen LogP contribution in [0.1, 0.15) is 19.3 Å². The van der Waals surface area contributed by atoms with Crippen LogP contribution in [0.5, 0.6) is 0 Å². The molecule has 1 saturated heterocycles. The summed E-state index contributed by atoms with van der Waals surface area (Å²) in [6, 6.07) is 6.00. The van der Waals surface area contributed by atoms with Gasteiger partial charge in [0.05, 0.1) is 0 Å². The molecule has 2 rings (SSSR count). The Morgan fingerprint density at radius 1 is 1.45 bits per heavy atom. The Kier molecular flexibility index (Phi) is 8.38. The number of amides is 1. The first-order valence-corrected chi connectivity index (χ1v) is 7.60. The van der Waals surface area contributed by atoms with Crippen LogP contribution in [0.2, 0.25) is 0 Å². The predicted molar refractivity (Wildman–Crippen MR) is 90.0 cm³/mol. The molecule has 22 heavy (non-hydrogen) atoms. The average molecular weight is 330 g/mol. The number of hydrogen-bond acceptors (Lipinski definition) is 3. The fraction of sp³-hybridized carbons (Fsp3) is 0.562. The van der Waals surface area contributed by atoms with Crippen LogP contribution in [0.3, 0.4) is 0 Å². The molecule has 0 spiro atoms. The fourth-order valence-corrected chi connectivity index (χ4v) is 2.86. The Bertz CT molecular complexity index is 470. The lowest BCUT2D eigenvalue weighted by Crippen LogP contribution is -2.40. The van der Waals surface area contributed by atoms with Crippen molar-refractivity contribution in [3.63, 3.8) is 0 Å². The van der Waals surface area contributed by atoms with E-state index in [4.69, 9.17) is 0 Å². The quantitative estimate of drug-likeness (QED) is 0.843. The molecule has 1 fully saturated rings. The van der Waals surface area contributed by atoms with E-state index < -0.39 is 0 Å². The van der Waals surface area contributed by atoms with E-state index >= 15 is 0 Å². The van der Waals surface area contributed by atoms with Crippen LogP contribution in [0.4, 0.5) is 10.1 Å². The van der Waals surface area contributed by atoms with Gasteiger partial charge in [-0.15, -0.1) is 12.4 Å². The number of nitrogens with zero attached hydrogens (tertiary/aromatic N) is 1. The number of halogens is 2. The van der Waals surface area contributed by atoms with Crippen molar-refractivity contribution in [2.24, 2.45) is 5.92 Å². The van der Waals surface area contributed by atoms with Crippen LogP contribution >= 0.6 is 12.4 Å². The van der Waals surface area contributed by atoms with E-state index in [9.17, 15) is 9.18 Å². The molecule has 4 nitrogen and oxygen atoms in total. The second-order valence-electron chi connectivity index (χ2n) is 5.68. The minimum Gasteiger partial charge on any atom is -0.326 e. The number of piperidine rings is 1. The van der Waals surface area contributed by atoms with Crippen molar-refractivity contribution in [1.82, 2.24) is 10.2 Å². The van der Waals surface area contributed by atoms with Gasteiger partial charge >= 0.3 is 0 Å². The molecule has 1 aliphatic rings. The first kappa shape index (κ1) is 18.9. The summed E-state index contributed by atoms with van der Waals surface area (Å²) in [4.78, 5) is 14.2. The van der Waals surface area contributed by atoms with Gasteiger partial charge in [0.1, 0.15) is 5.82 Å². The van der Waals surface area contributed by atoms with Crippen LogP contribution < -0.4 is 10.6 Å². The van der Waals surface area contributed by atoms with Crippen molar-refractivity contribution in [3.05, 3.63) is 30.1 Å². The van der Waals surface area contributed by atoms with Gasteiger partial charge in [-0.3, -0.25) is 4.79 Å². The number of anilines is 1. The van der Waals surface area contributed by atoms with Crippen molar-refractivity contribution in [1.29, 1.82) is 0 Å². The first-order chi connectivity index (χ1) is 10.2. The summed E-state index contributed by atoms with van der Waals surface area (Å²) in [6.07, 6.45) is 2.90. The zero-order chi connectivity index (χ0) is 15.1. The molecular formula is C16H25ClFN3O. The molecule has 6 heteroatoms. The molecule has 1 atom stereocenters. The van der Waals surface area contributed by atoms with Crippen LogP contribution in [0.25, 0.3) is 0 Å². The minimum atomic E-state index is -0.335. The summed E-state index contributed by atoms with van der Waals surface area (Å²) in [5.74, 6) is 0.283.